The van der Waals surface area contributed by atoms with Crippen LogP contribution in [0.3, 0.4) is 0 Å². The summed E-state index contributed by atoms with van der Waals surface area (Å²) in [4.78, 5) is 48.8. The first-order valence-electron chi connectivity index (χ1n) is 23.9. The fraction of sp³-hybridized carbons (Fsp3) is 0.407. The molecule has 1 aromatic heterocycles. The lowest BCUT2D eigenvalue weighted by Gasteiger charge is -2.44. The van der Waals surface area contributed by atoms with Crippen molar-refractivity contribution in [2.24, 2.45) is 11.8 Å². The SMILES string of the molecule is O=C(C[C@@H](c1ccccc1)c1cccc(OCc2ccc(C(=O)N3CCCC[C@H]3C(=O)O[C@@H](Cc3c(Cl)c[nH+]cc3Cl)c3ccc(OC(F)F)c(OCC4CC4)c3)cc2)c1)O[C@H]1CN2CCC1CC2.[OH-]. The first-order chi connectivity index (χ1) is 33.5. The zero-order valence-corrected chi connectivity index (χ0v) is 40.2. The van der Waals surface area contributed by atoms with Gasteiger partial charge in [-0.2, -0.15) is 8.78 Å². The Balaban J connectivity index is 0.00000659. The van der Waals surface area contributed by atoms with Gasteiger partial charge in [0.25, 0.3) is 5.91 Å². The smallest absolute Gasteiger partial charge is 0.387 e. The monoisotopic (exact) mass is 999 g/mol. The van der Waals surface area contributed by atoms with E-state index >= 15 is 0 Å². The maximum absolute atomic E-state index is 14.3. The lowest BCUT2D eigenvalue weighted by Crippen LogP contribution is -2.52. The maximum atomic E-state index is 14.3. The third-order valence-corrected chi connectivity index (χ3v) is 14.4. The van der Waals surface area contributed by atoms with Gasteiger partial charge in [0.05, 0.1) is 13.0 Å². The van der Waals surface area contributed by atoms with Crippen molar-refractivity contribution in [3.8, 4) is 17.2 Å². The molecule has 5 fully saturated rings. The topological polar surface area (TPSA) is 148 Å². The summed E-state index contributed by atoms with van der Waals surface area (Å²) in [5.41, 5.74) is 4.14. The molecule has 0 spiro atoms. The molecule has 4 atom stereocenters. The van der Waals surface area contributed by atoms with E-state index in [2.05, 4.69) is 9.88 Å². The number of ether oxygens (including phenoxy) is 5. The number of esters is 2. The van der Waals surface area contributed by atoms with Gasteiger partial charge in [-0.15, -0.1) is 0 Å². The molecule has 4 aliphatic heterocycles. The van der Waals surface area contributed by atoms with Crippen LogP contribution >= 0.6 is 23.2 Å². The minimum Gasteiger partial charge on any atom is -0.870 e. The van der Waals surface area contributed by atoms with Crippen LogP contribution in [0.25, 0.3) is 0 Å². The van der Waals surface area contributed by atoms with Gasteiger partial charge in [0.2, 0.25) is 0 Å². The molecule has 16 heteroatoms. The number of fused-ring (bicyclic) bond motifs is 3. The number of nitrogens with zero attached hydrogens (tertiary/aromatic N) is 2. The molecule has 1 aliphatic carbocycles. The molecule has 1 saturated carbocycles. The summed E-state index contributed by atoms with van der Waals surface area (Å²) in [7, 11) is 0. The lowest BCUT2D eigenvalue weighted by atomic mass is 9.85. The van der Waals surface area contributed by atoms with Gasteiger partial charge in [-0.3, -0.25) is 14.5 Å². The molecule has 4 saturated heterocycles. The molecule has 4 aromatic carbocycles. The summed E-state index contributed by atoms with van der Waals surface area (Å²) in [6.07, 6.45) is 8.22. The molecular formula is C54H57Cl2F2N3O9. The van der Waals surface area contributed by atoms with Gasteiger partial charge in [-0.05, 0) is 129 Å². The van der Waals surface area contributed by atoms with Crippen molar-refractivity contribution < 1.29 is 57.3 Å². The van der Waals surface area contributed by atoms with E-state index in [1.807, 2.05) is 66.7 Å². The van der Waals surface area contributed by atoms with Crippen LogP contribution in [0, 0.1) is 11.8 Å². The molecule has 12 nitrogen and oxygen atoms in total. The van der Waals surface area contributed by atoms with Crippen LogP contribution in [-0.4, -0.2) is 84.7 Å². The van der Waals surface area contributed by atoms with Crippen molar-refractivity contribution >= 4 is 41.0 Å². The molecule has 0 unspecified atom stereocenters. The maximum Gasteiger partial charge on any atom is 0.387 e. The molecule has 1 amide bonds. The quantitative estimate of drug-likeness (QED) is 0.0732. The van der Waals surface area contributed by atoms with Crippen LogP contribution in [0.2, 0.25) is 10.0 Å². The van der Waals surface area contributed by atoms with E-state index in [4.69, 9.17) is 46.9 Å². The van der Waals surface area contributed by atoms with Crippen molar-refractivity contribution in [2.75, 3.05) is 32.8 Å². The second-order valence-electron chi connectivity index (χ2n) is 18.5. The average molecular weight is 1000 g/mol. The number of H-pyrrole nitrogens is 1. The number of piperidine rings is 4. The van der Waals surface area contributed by atoms with Crippen LogP contribution in [0.4, 0.5) is 8.78 Å². The Morgan fingerprint density at radius 3 is 2.20 bits per heavy atom. The molecule has 5 heterocycles. The van der Waals surface area contributed by atoms with E-state index in [9.17, 15) is 23.2 Å². The van der Waals surface area contributed by atoms with Gasteiger partial charge in [0.15, 0.2) is 23.9 Å². The molecular weight excluding hydrogens is 944 g/mol. The number of alkyl halides is 2. The van der Waals surface area contributed by atoms with E-state index in [0.29, 0.717) is 76.7 Å². The number of halogens is 4. The highest BCUT2D eigenvalue weighted by Gasteiger charge is 2.38. The summed E-state index contributed by atoms with van der Waals surface area (Å²) in [5.74, 6) is -0.00395. The van der Waals surface area contributed by atoms with Crippen molar-refractivity contribution in [1.29, 1.82) is 0 Å². The summed E-state index contributed by atoms with van der Waals surface area (Å²) < 4.78 is 56.2. The van der Waals surface area contributed by atoms with Crippen LogP contribution < -0.4 is 19.2 Å². The Labute approximate surface area is 416 Å². The van der Waals surface area contributed by atoms with Gasteiger partial charge in [-0.1, -0.05) is 83.9 Å². The Morgan fingerprint density at radius 1 is 0.757 bits per heavy atom. The Morgan fingerprint density at radius 2 is 1.50 bits per heavy atom. The van der Waals surface area contributed by atoms with Crippen molar-refractivity contribution in [2.45, 2.75) is 95.2 Å². The number of benzene rings is 4. The number of aromatic amines is 1. The number of amides is 1. The number of hydrogen-bond donors (Lipinski definition) is 0. The lowest BCUT2D eigenvalue weighted by molar-refractivity contribution is -0.377. The number of nitrogens with one attached hydrogen (secondary N) is 1. The number of carbonyl (C=O) groups excluding carboxylic acids is 3. The molecule has 10 rings (SSSR count). The van der Waals surface area contributed by atoms with Gasteiger partial charge in [-0.25, -0.2) is 9.78 Å². The highest BCUT2D eigenvalue weighted by Crippen LogP contribution is 2.39. The van der Waals surface area contributed by atoms with Crippen molar-refractivity contribution in [1.82, 2.24) is 9.80 Å². The van der Waals surface area contributed by atoms with Crippen molar-refractivity contribution in [3.63, 3.8) is 0 Å². The minimum atomic E-state index is -3.07. The fourth-order valence-electron chi connectivity index (χ4n) is 9.68. The van der Waals surface area contributed by atoms with Gasteiger partial charge >= 0.3 is 18.6 Å². The summed E-state index contributed by atoms with van der Waals surface area (Å²) in [5, 5.41) is 0.627. The standard InChI is InChI=1S/C54H55Cl2F2N3O8.H2O/c55-44-29-59-30-45(56)43(44)27-48(40-18-19-47(69-54(57)58)49(26-40)66-33-34-12-13-34)68-53(64)46-11-4-5-22-61(46)52(63)38-16-14-35(15-17-38)32-65-41-10-6-9-39(25-41)42(36-7-2-1-3-8-36)28-51(62)67-50-31-60-23-20-37(50)21-24-60;/h1-3,6-10,14-19,25-26,29-30,34,37,42,46,48,50,54H,4-5,11-13,20-24,27-28,31-33H2;1H2/t42-,46-,48-,50-;/m0./s1. The first-order valence-corrected chi connectivity index (χ1v) is 24.7. The predicted molar refractivity (Wildman–Crippen MR) is 257 cm³/mol. The average Bonchev–Trinajstić information content (AvgIpc) is 4.21. The predicted octanol–water partition coefficient (Wildman–Crippen LogP) is 10.3. The number of carbonyl (C=O) groups is 3. The molecule has 5 aliphatic rings. The van der Waals surface area contributed by atoms with E-state index in [1.165, 1.54) is 6.07 Å². The fourth-order valence-corrected chi connectivity index (χ4v) is 10.2. The van der Waals surface area contributed by atoms with Gasteiger partial charge in [0, 0.05) is 36.6 Å². The van der Waals surface area contributed by atoms with Crippen molar-refractivity contribution in [3.05, 3.63) is 153 Å². The van der Waals surface area contributed by atoms with Crippen LogP contribution in [0.1, 0.15) is 102 Å². The third-order valence-electron chi connectivity index (χ3n) is 13.7. The summed E-state index contributed by atoms with van der Waals surface area (Å²) >= 11 is 13.1. The molecule has 70 heavy (non-hydrogen) atoms. The molecule has 0 radical (unpaired) electrons. The Hall–Kier alpha value is -5.80. The first kappa shape index (κ1) is 50.6. The third kappa shape index (κ3) is 12.7. The normalized spacial score (nSPS) is 20.4. The minimum absolute atomic E-state index is 0. The number of hydrogen-bond acceptors (Lipinski definition) is 10. The van der Waals surface area contributed by atoms with Crippen LogP contribution in [0.15, 0.2) is 109 Å². The largest absolute Gasteiger partial charge is 0.870 e. The second-order valence-corrected chi connectivity index (χ2v) is 19.3. The Bertz CT molecular complexity index is 2560. The number of likely N-dealkylation sites (tertiary alicyclic amines) is 1. The molecule has 2 N–H and O–H groups in total. The zero-order valence-electron chi connectivity index (χ0n) is 38.7. The van der Waals surface area contributed by atoms with E-state index < -0.39 is 24.7 Å². The summed E-state index contributed by atoms with van der Waals surface area (Å²) in [6, 6.07) is 28.5. The van der Waals surface area contributed by atoms with Crippen LogP contribution in [-0.2, 0) is 32.1 Å². The molecule has 2 bridgehead atoms. The highest BCUT2D eigenvalue weighted by atomic mass is 35.5. The van der Waals surface area contributed by atoms with E-state index in [0.717, 1.165) is 62.0 Å². The molecule has 5 aromatic rings. The molecule has 370 valence electrons. The number of aromatic nitrogens is 1. The number of rotatable bonds is 19. The van der Waals surface area contributed by atoms with Gasteiger partial charge in [0.1, 0.15) is 40.7 Å². The Kier molecular flexibility index (Phi) is 16.9. The number of pyridine rings is 1. The summed E-state index contributed by atoms with van der Waals surface area (Å²) in [6.45, 7) is 0.789. The zero-order chi connectivity index (χ0) is 47.9. The second kappa shape index (κ2) is 23.4. The van der Waals surface area contributed by atoms with Gasteiger partial charge < -0.3 is 34.1 Å². The van der Waals surface area contributed by atoms with E-state index in [-0.39, 0.29) is 60.3 Å². The van der Waals surface area contributed by atoms with Crippen LogP contribution in [0.5, 0.6) is 17.2 Å². The highest BCUT2D eigenvalue weighted by molar-refractivity contribution is 6.35. The van der Waals surface area contributed by atoms with E-state index in [1.54, 1.807) is 41.6 Å².